The number of halogens is 2. The van der Waals surface area contributed by atoms with Crippen LogP contribution in [0.15, 0.2) is 54.7 Å². The fourth-order valence-corrected chi connectivity index (χ4v) is 5.26. The maximum atomic E-state index is 13.9. The maximum Gasteiger partial charge on any atom is 0.236 e. The Morgan fingerprint density at radius 1 is 1.19 bits per heavy atom. The minimum absolute atomic E-state index is 0.0996. The molecule has 0 saturated carbocycles. The molecule has 1 aromatic heterocycles. The number of benzene rings is 2. The van der Waals surface area contributed by atoms with E-state index >= 15 is 0 Å². The second kappa shape index (κ2) is 10.9. The number of pyridine rings is 1. The van der Waals surface area contributed by atoms with Crippen LogP contribution in [0.1, 0.15) is 25.8 Å². The van der Waals surface area contributed by atoms with Crippen molar-refractivity contribution in [3.63, 3.8) is 0 Å². The fourth-order valence-electron chi connectivity index (χ4n) is 4.80. The number of methoxy groups -OCH3 is 1. The van der Waals surface area contributed by atoms with E-state index in [1.54, 1.807) is 43.5 Å². The van der Waals surface area contributed by atoms with Gasteiger partial charge in [0.2, 0.25) is 5.91 Å². The largest absolute Gasteiger partial charge is 0.497 e. The Bertz CT molecular complexity index is 1300. The van der Waals surface area contributed by atoms with E-state index in [0.29, 0.717) is 45.8 Å². The highest BCUT2D eigenvalue weighted by molar-refractivity contribution is 6.33. The molecule has 2 N–H and O–H groups in total. The van der Waals surface area contributed by atoms with Crippen molar-refractivity contribution in [2.75, 3.05) is 37.1 Å². The summed E-state index contributed by atoms with van der Waals surface area (Å²) in [5.41, 5.74) is 1.80. The van der Waals surface area contributed by atoms with Crippen LogP contribution in [0, 0.1) is 0 Å². The van der Waals surface area contributed by atoms with E-state index in [-0.39, 0.29) is 18.6 Å². The standard InChI is InChI=1S/C28H31Cl2N3O4/c1-28(2,17-9-18(29)11-21(10-17)37-4)27(36)32(3)25-14-31-26(33-15-20(35)12-19(33)16-34)13-23(25)22-7-5-6-8-24(22)30/h5-11,13-14,19-20,34-35H,12,15-16H2,1-4H3/t19-,20+/m0/s1. The SMILES string of the molecule is COc1cc(Cl)cc(C(C)(C)C(=O)N(C)c2cnc(N3C[C@H](O)C[C@H]3CO)cc2-c2ccccc2Cl)c1. The Balaban J connectivity index is 1.79. The Hall–Kier alpha value is -2.84. The number of nitrogens with zero attached hydrogens (tertiary/aromatic N) is 3. The van der Waals surface area contributed by atoms with Crippen LogP contribution in [0.5, 0.6) is 5.75 Å². The first-order valence-corrected chi connectivity index (χ1v) is 12.8. The summed E-state index contributed by atoms with van der Waals surface area (Å²) in [5.74, 6) is 0.985. The Labute approximate surface area is 227 Å². The second-order valence-corrected chi connectivity index (χ2v) is 10.6. The number of carbonyl (C=O) groups excluding carboxylic acids is 1. The van der Waals surface area contributed by atoms with Crippen molar-refractivity contribution in [1.82, 2.24) is 4.98 Å². The topological polar surface area (TPSA) is 86.1 Å². The predicted molar refractivity (Wildman–Crippen MR) is 148 cm³/mol. The van der Waals surface area contributed by atoms with Gasteiger partial charge in [-0.2, -0.15) is 0 Å². The predicted octanol–water partition coefficient (Wildman–Crippen LogP) is 4.94. The number of hydrogen-bond donors (Lipinski definition) is 2. The Morgan fingerprint density at radius 3 is 2.59 bits per heavy atom. The molecule has 0 bridgehead atoms. The van der Waals surface area contributed by atoms with Gasteiger partial charge in [-0.25, -0.2) is 4.98 Å². The summed E-state index contributed by atoms with van der Waals surface area (Å²) in [7, 11) is 3.26. The third kappa shape index (κ3) is 5.41. The third-order valence-corrected chi connectivity index (χ3v) is 7.51. The van der Waals surface area contributed by atoms with Crippen LogP contribution in [0.3, 0.4) is 0 Å². The van der Waals surface area contributed by atoms with Gasteiger partial charge in [-0.1, -0.05) is 41.4 Å². The molecule has 37 heavy (non-hydrogen) atoms. The highest BCUT2D eigenvalue weighted by atomic mass is 35.5. The lowest BCUT2D eigenvalue weighted by Gasteiger charge is -2.32. The summed E-state index contributed by atoms with van der Waals surface area (Å²) in [5, 5.41) is 21.0. The van der Waals surface area contributed by atoms with E-state index in [0.717, 1.165) is 11.1 Å². The maximum absolute atomic E-state index is 13.9. The average molecular weight is 544 g/mol. The fraction of sp³-hybridized carbons (Fsp3) is 0.357. The van der Waals surface area contributed by atoms with Gasteiger partial charge in [-0.3, -0.25) is 4.79 Å². The zero-order valence-electron chi connectivity index (χ0n) is 21.3. The van der Waals surface area contributed by atoms with Crippen LogP contribution in [0.2, 0.25) is 10.0 Å². The molecule has 1 amide bonds. The number of carbonyl (C=O) groups is 1. The van der Waals surface area contributed by atoms with E-state index < -0.39 is 11.5 Å². The molecule has 2 heterocycles. The lowest BCUT2D eigenvalue weighted by atomic mass is 9.83. The van der Waals surface area contributed by atoms with Gasteiger partial charge >= 0.3 is 0 Å². The monoisotopic (exact) mass is 543 g/mol. The average Bonchev–Trinajstić information content (AvgIpc) is 3.28. The van der Waals surface area contributed by atoms with Gasteiger partial charge in [-0.15, -0.1) is 0 Å². The number of amides is 1. The van der Waals surface area contributed by atoms with Crippen LogP contribution < -0.4 is 14.5 Å². The van der Waals surface area contributed by atoms with Crippen molar-refractivity contribution in [3.05, 3.63) is 70.3 Å². The molecule has 0 aliphatic carbocycles. The van der Waals surface area contributed by atoms with Crippen molar-refractivity contribution in [1.29, 1.82) is 0 Å². The second-order valence-electron chi connectivity index (χ2n) is 9.79. The van der Waals surface area contributed by atoms with Gasteiger partial charge in [0.25, 0.3) is 0 Å². The van der Waals surface area contributed by atoms with E-state index in [1.807, 2.05) is 49.1 Å². The molecule has 2 aromatic carbocycles. The molecule has 9 heteroatoms. The van der Waals surface area contributed by atoms with Gasteiger partial charge in [-0.05, 0) is 56.2 Å². The lowest BCUT2D eigenvalue weighted by Crippen LogP contribution is -2.42. The minimum atomic E-state index is -0.940. The van der Waals surface area contributed by atoms with E-state index in [2.05, 4.69) is 4.98 Å². The summed E-state index contributed by atoms with van der Waals surface area (Å²) < 4.78 is 5.36. The molecule has 0 unspecified atom stereocenters. The van der Waals surface area contributed by atoms with Crippen LogP contribution in [-0.2, 0) is 10.2 Å². The van der Waals surface area contributed by atoms with Crippen molar-refractivity contribution in [2.45, 2.75) is 37.8 Å². The number of aliphatic hydroxyl groups is 2. The normalized spacial score (nSPS) is 17.7. The molecule has 2 atom stereocenters. The first-order valence-electron chi connectivity index (χ1n) is 12.0. The minimum Gasteiger partial charge on any atom is -0.497 e. The smallest absolute Gasteiger partial charge is 0.236 e. The Kier molecular flexibility index (Phi) is 7.99. The molecular weight excluding hydrogens is 513 g/mol. The molecular formula is C28H31Cl2N3O4. The van der Waals surface area contributed by atoms with Crippen molar-refractivity contribution >= 4 is 40.6 Å². The van der Waals surface area contributed by atoms with Crippen molar-refractivity contribution < 1.29 is 19.7 Å². The zero-order valence-corrected chi connectivity index (χ0v) is 22.8. The molecule has 196 valence electrons. The van der Waals surface area contributed by atoms with E-state index in [1.165, 1.54) is 0 Å². The summed E-state index contributed by atoms with van der Waals surface area (Å²) in [6.45, 7) is 3.94. The number of aromatic nitrogens is 1. The highest BCUT2D eigenvalue weighted by Crippen LogP contribution is 2.40. The number of aliphatic hydroxyl groups excluding tert-OH is 2. The van der Waals surface area contributed by atoms with Crippen molar-refractivity contribution in [2.24, 2.45) is 0 Å². The molecule has 1 fully saturated rings. The van der Waals surface area contributed by atoms with E-state index in [9.17, 15) is 15.0 Å². The highest BCUT2D eigenvalue weighted by Gasteiger charge is 2.36. The molecule has 7 nitrogen and oxygen atoms in total. The van der Waals surface area contributed by atoms with Gasteiger partial charge in [0.15, 0.2) is 0 Å². The van der Waals surface area contributed by atoms with Gasteiger partial charge in [0, 0.05) is 34.8 Å². The first-order chi connectivity index (χ1) is 17.6. The molecule has 1 aliphatic heterocycles. The molecule has 1 aliphatic rings. The summed E-state index contributed by atoms with van der Waals surface area (Å²) in [4.78, 5) is 22.0. The van der Waals surface area contributed by atoms with Crippen molar-refractivity contribution in [3.8, 4) is 16.9 Å². The molecule has 3 aromatic rings. The van der Waals surface area contributed by atoms with Gasteiger partial charge < -0.3 is 24.7 Å². The molecule has 0 radical (unpaired) electrons. The van der Waals surface area contributed by atoms with Crippen LogP contribution in [0.4, 0.5) is 11.5 Å². The van der Waals surface area contributed by atoms with Crippen LogP contribution in [-0.4, -0.2) is 60.6 Å². The van der Waals surface area contributed by atoms with Gasteiger partial charge in [0.1, 0.15) is 11.6 Å². The zero-order chi connectivity index (χ0) is 26.9. The van der Waals surface area contributed by atoms with Crippen LogP contribution in [0.25, 0.3) is 11.1 Å². The number of β-amino-alcohol motifs (C(OH)–C–C–N with tert-alkyl or cyclic N) is 1. The number of anilines is 2. The number of hydrogen-bond acceptors (Lipinski definition) is 6. The quantitative estimate of drug-likeness (QED) is 0.439. The number of ether oxygens (including phenoxy) is 1. The number of likely N-dealkylation sites (N-methyl/N-ethyl adjacent to an activating group) is 1. The first kappa shape index (κ1) is 27.2. The van der Waals surface area contributed by atoms with Crippen LogP contribution >= 0.6 is 23.2 Å². The summed E-state index contributed by atoms with van der Waals surface area (Å²) in [6, 6.07) is 14.3. The molecule has 1 saturated heterocycles. The number of rotatable bonds is 7. The molecule has 4 rings (SSSR count). The summed E-state index contributed by atoms with van der Waals surface area (Å²) in [6.07, 6.45) is 1.54. The van der Waals surface area contributed by atoms with Gasteiger partial charge in [0.05, 0.1) is 43.2 Å². The molecule has 0 spiro atoms. The summed E-state index contributed by atoms with van der Waals surface area (Å²) >= 11 is 12.9. The lowest BCUT2D eigenvalue weighted by molar-refractivity contribution is -0.122. The third-order valence-electron chi connectivity index (χ3n) is 6.96. The van der Waals surface area contributed by atoms with E-state index in [4.69, 9.17) is 27.9 Å². The Morgan fingerprint density at radius 2 is 1.92 bits per heavy atom.